The van der Waals surface area contributed by atoms with Crippen molar-refractivity contribution < 1.29 is 5.11 Å². The Balaban J connectivity index is 2.79. The summed E-state index contributed by atoms with van der Waals surface area (Å²) in [4.78, 5) is 16.6. The second-order valence-electron chi connectivity index (χ2n) is 2.76. The summed E-state index contributed by atoms with van der Waals surface area (Å²) >= 11 is 4.82. The van der Waals surface area contributed by atoms with E-state index in [9.17, 15) is 4.79 Å². The van der Waals surface area contributed by atoms with E-state index in [2.05, 4.69) is 15.1 Å². The molecule has 0 fully saturated rings. The van der Waals surface area contributed by atoms with Crippen LogP contribution in [-0.2, 0) is 6.54 Å². The fourth-order valence-electron chi connectivity index (χ4n) is 1.26. The standard InChI is InChI=1S/C7H8N4O2S/c12-2-1-11-5-4(3-8-11)6(13)10-7(14)9-5/h3,12H,1-2H2,(H2,9,10,13,14). The van der Waals surface area contributed by atoms with E-state index in [1.807, 2.05) is 0 Å². The van der Waals surface area contributed by atoms with E-state index in [0.717, 1.165) is 0 Å². The van der Waals surface area contributed by atoms with E-state index in [1.165, 1.54) is 10.9 Å². The Bertz CT molecular complexity index is 567. The number of hydrogen-bond donors (Lipinski definition) is 3. The van der Waals surface area contributed by atoms with E-state index in [-0.39, 0.29) is 16.9 Å². The third-order valence-corrected chi connectivity index (χ3v) is 2.06. The minimum atomic E-state index is -0.270. The van der Waals surface area contributed by atoms with Gasteiger partial charge in [0.25, 0.3) is 5.56 Å². The third kappa shape index (κ3) is 1.36. The molecule has 0 bridgehead atoms. The number of rotatable bonds is 2. The summed E-state index contributed by atoms with van der Waals surface area (Å²) < 4.78 is 1.75. The molecule has 2 aromatic rings. The maximum Gasteiger partial charge on any atom is 0.262 e. The van der Waals surface area contributed by atoms with Crippen LogP contribution in [0.5, 0.6) is 0 Å². The average Bonchev–Trinajstić information content (AvgIpc) is 2.49. The van der Waals surface area contributed by atoms with Crippen LogP contribution in [0.25, 0.3) is 11.0 Å². The van der Waals surface area contributed by atoms with Crippen LogP contribution in [0.1, 0.15) is 0 Å². The highest BCUT2D eigenvalue weighted by atomic mass is 32.1. The van der Waals surface area contributed by atoms with E-state index in [0.29, 0.717) is 17.6 Å². The molecular formula is C7H8N4O2S. The summed E-state index contributed by atoms with van der Waals surface area (Å²) in [6.07, 6.45) is 1.44. The molecule has 0 aliphatic heterocycles. The monoisotopic (exact) mass is 212 g/mol. The summed E-state index contributed by atoms with van der Waals surface area (Å²) in [6, 6.07) is 0. The highest BCUT2D eigenvalue weighted by Crippen LogP contribution is 2.03. The topological polar surface area (TPSA) is 86.7 Å². The van der Waals surface area contributed by atoms with Crippen molar-refractivity contribution >= 4 is 23.3 Å². The molecule has 0 atom stereocenters. The van der Waals surface area contributed by atoms with Crippen LogP contribution in [-0.4, -0.2) is 31.5 Å². The van der Waals surface area contributed by atoms with Crippen molar-refractivity contribution in [2.45, 2.75) is 6.54 Å². The zero-order valence-electron chi connectivity index (χ0n) is 7.15. The number of H-pyrrole nitrogens is 2. The highest BCUT2D eigenvalue weighted by molar-refractivity contribution is 7.71. The first-order valence-electron chi connectivity index (χ1n) is 4.01. The van der Waals surface area contributed by atoms with E-state index in [1.54, 1.807) is 0 Å². The van der Waals surface area contributed by atoms with Crippen LogP contribution in [0.2, 0.25) is 0 Å². The molecule has 7 heteroatoms. The minimum absolute atomic E-state index is 0.0375. The Morgan fingerprint density at radius 3 is 3.07 bits per heavy atom. The predicted molar refractivity (Wildman–Crippen MR) is 52.6 cm³/mol. The summed E-state index contributed by atoms with van der Waals surface area (Å²) in [6.45, 7) is 0.294. The molecule has 3 N–H and O–H groups in total. The summed E-state index contributed by atoms with van der Waals surface area (Å²) in [5, 5.41) is 13.1. The molecule has 0 unspecified atom stereocenters. The molecule has 0 spiro atoms. The second kappa shape index (κ2) is 3.35. The Labute approximate surface area is 83.2 Å². The molecular weight excluding hydrogens is 204 g/mol. The van der Waals surface area contributed by atoms with Crippen molar-refractivity contribution in [3.8, 4) is 0 Å². The van der Waals surface area contributed by atoms with Crippen molar-refractivity contribution in [2.24, 2.45) is 0 Å². The van der Waals surface area contributed by atoms with E-state index < -0.39 is 0 Å². The molecule has 0 saturated carbocycles. The van der Waals surface area contributed by atoms with Crippen molar-refractivity contribution in [3.63, 3.8) is 0 Å². The molecule has 6 nitrogen and oxygen atoms in total. The number of fused-ring (bicyclic) bond motifs is 1. The number of nitrogens with zero attached hydrogens (tertiary/aromatic N) is 2. The fourth-order valence-corrected chi connectivity index (χ4v) is 1.45. The number of nitrogens with one attached hydrogen (secondary N) is 2. The SMILES string of the molecule is O=c1[nH]c(=S)[nH]c2c1cnn2CCO. The quantitative estimate of drug-likeness (QED) is 0.600. The van der Waals surface area contributed by atoms with Gasteiger partial charge in [-0.3, -0.25) is 9.78 Å². The number of aromatic amines is 2. The average molecular weight is 212 g/mol. The maximum atomic E-state index is 11.4. The van der Waals surface area contributed by atoms with Crippen molar-refractivity contribution in [2.75, 3.05) is 6.61 Å². The molecule has 0 saturated heterocycles. The first-order valence-corrected chi connectivity index (χ1v) is 4.42. The van der Waals surface area contributed by atoms with Crippen molar-refractivity contribution in [1.29, 1.82) is 0 Å². The Morgan fingerprint density at radius 1 is 1.57 bits per heavy atom. The Kier molecular flexibility index (Phi) is 2.18. The summed E-state index contributed by atoms with van der Waals surface area (Å²) in [7, 11) is 0. The van der Waals surface area contributed by atoms with Crippen LogP contribution in [0.15, 0.2) is 11.0 Å². The van der Waals surface area contributed by atoms with E-state index >= 15 is 0 Å². The molecule has 0 aromatic carbocycles. The maximum absolute atomic E-state index is 11.4. The first-order chi connectivity index (χ1) is 6.72. The molecule has 0 aliphatic carbocycles. The molecule has 2 rings (SSSR count). The van der Waals surface area contributed by atoms with Crippen LogP contribution in [0, 0.1) is 4.77 Å². The lowest BCUT2D eigenvalue weighted by Crippen LogP contribution is -2.10. The first kappa shape index (κ1) is 9.10. The highest BCUT2D eigenvalue weighted by Gasteiger charge is 2.05. The van der Waals surface area contributed by atoms with Gasteiger partial charge in [0.15, 0.2) is 4.77 Å². The van der Waals surface area contributed by atoms with Gasteiger partial charge in [-0.1, -0.05) is 0 Å². The van der Waals surface area contributed by atoms with Crippen molar-refractivity contribution in [3.05, 3.63) is 21.3 Å². The number of aliphatic hydroxyl groups excluding tert-OH is 1. The van der Waals surface area contributed by atoms with Gasteiger partial charge >= 0.3 is 0 Å². The smallest absolute Gasteiger partial charge is 0.262 e. The fraction of sp³-hybridized carbons (Fsp3) is 0.286. The molecule has 0 aliphatic rings. The van der Waals surface area contributed by atoms with Gasteiger partial charge in [-0.25, -0.2) is 4.68 Å². The minimum Gasteiger partial charge on any atom is -0.394 e. The number of aromatic nitrogens is 4. The van der Waals surface area contributed by atoms with Gasteiger partial charge < -0.3 is 10.1 Å². The third-order valence-electron chi connectivity index (χ3n) is 1.85. The van der Waals surface area contributed by atoms with Crippen LogP contribution in [0.3, 0.4) is 0 Å². The van der Waals surface area contributed by atoms with Crippen molar-refractivity contribution in [1.82, 2.24) is 19.7 Å². The Morgan fingerprint density at radius 2 is 2.36 bits per heavy atom. The zero-order chi connectivity index (χ0) is 10.1. The van der Waals surface area contributed by atoms with Gasteiger partial charge in [0, 0.05) is 0 Å². The lowest BCUT2D eigenvalue weighted by Gasteiger charge is -1.98. The lowest BCUT2D eigenvalue weighted by atomic mass is 10.4. The number of hydrogen-bond acceptors (Lipinski definition) is 4. The lowest BCUT2D eigenvalue weighted by molar-refractivity contribution is 0.271. The predicted octanol–water partition coefficient (Wildman–Crippen LogP) is -0.226. The molecule has 2 aromatic heterocycles. The van der Waals surface area contributed by atoms with Gasteiger partial charge in [-0.15, -0.1) is 0 Å². The molecule has 74 valence electrons. The van der Waals surface area contributed by atoms with Gasteiger partial charge in [-0.05, 0) is 12.2 Å². The largest absolute Gasteiger partial charge is 0.394 e. The number of aliphatic hydroxyl groups is 1. The van der Waals surface area contributed by atoms with E-state index in [4.69, 9.17) is 17.3 Å². The van der Waals surface area contributed by atoms with Crippen LogP contribution in [0.4, 0.5) is 0 Å². The normalized spacial score (nSPS) is 10.9. The zero-order valence-corrected chi connectivity index (χ0v) is 7.97. The second-order valence-corrected chi connectivity index (χ2v) is 3.17. The summed E-state index contributed by atoms with van der Waals surface area (Å²) in [5.74, 6) is 0. The molecule has 2 heterocycles. The molecule has 14 heavy (non-hydrogen) atoms. The van der Waals surface area contributed by atoms with Gasteiger partial charge in [-0.2, -0.15) is 5.10 Å². The van der Waals surface area contributed by atoms with Gasteiger partial charge in [0.05, 0.1) is 19.3 Å². The van der Waals surface area contributed by atoms with Crippen LogP contribution < -0.4 is 5.56 Å². The van der Waals surface area contributed by atoms with Crippen LogP contribution >= 0.6 is 12.2 Å². The van der Waals surface area contributed by atoms with Gasteiger partial charge in [0.1, 0.15) is 11.0 Å². The molecule has 0 amide bonds. The molecule has 0 radical (unpaired) electrons. The van der Waals surface area contributed by atoms with Gasteiger partial charge in [0.2, 0.25) is 0 Å². The summed E-state index contributed by atoms with van der Waals surface area (Å²) in [5.41, 5.74) is 0.265. The Hall–Kier alpha value is -1.47.